The molecule has 178 valence electrons. The summed E-state index contributed by atoms with van der Waals surface area (Å²) in [4.78, 5) is 34.1. The van der Waals surface area contributed by atoms with Crippen LogP contribution in [0.3, 0.4) is 0 Å². The molecule has 0 bridgehead atoms. The molecular weight excluding hydrogens is 452 g/mol. The SMILES string of the molecule is CCNC(=O)c1cc2c(-c3sc(C(C)(C)O)cc3Oc3ncc(C)cc3C)cn(C)c(=O)c2[nH]1. The molecule has 0 saturated heterocycles. The van der Waals surface area contributed by atoms with Gasteiger partial charge in [-0.3, -0.25) is 9.59 Å². The maximum absolute atomic E-state index is 12.8. The molecule has 0 spiro atoms. The quantitative estimate of drug-likeness (QED) is 0.380. The molecule has 9 heteroatoms. The molecule has 8 nitrogen and oxygen atoms in total. The Hall–Kier alpha value is -3.43. The van der Waals surface area contributed by atoms with Gasteiger partial charge < -0.3 is 24.7 Å². The predicted molar refractivity (Wildman–Crippen MR) is 134 cm³/mol. The molecule has 4 aromatic rings. The number of H-pyrrole nitrogens is 1. The summed E-state index contributed by atoms with van der Waals surface area (Å²) >= 11 is 1.37. The van der Waals surface area contributed by atoms with E-state index in [-0.39, 0.29) is 11.5 Å². The Kier molecular flexibility index (Phi) is 6.09. The molecule has 0 fully saturated rings. The summed E-state index contributed by atoms with van der Waals surface area (Å²) in [5.41, 5.74) is 1.91. The number of rotatable bonds is 6. The van der Waals surface area contributed by atoms with E-state index in [1.165, 1.54) is 15.9 Å². The van der Waals surface area contributed by atoms with E-state index in [2.05, 4.69) is 15.3 Å². The van der Waals surface area contributed by atoms with Gasteiger partial charge in [0.25, 0.3) is 11.5 Å². The van der Waals surface area contributed by atoms with Gasteiger partial charge in [0.1, 0.15) is 17.0 Å². The number of hydrogen-bond donors (Lipinski definition) is 3. The van der Waals surface area contributed by atoms with Crippen LogP contribution >= 0.6 is 11.3 Å². The number of aryl methyl sites for hydroxylation is 3. The highest BCUT2D eigenvalue weighted by Crippen LogP contribution is 2.45. The van der Waals surface area contributed by atoms with Crippen molar-refractivity contribution in [1.29, 1.82) is 0 Å². The zero-order chi connectivity index (χ0) is 24.8. The number of carbonyl (C=O) groups is 1. The lowest BCUT2D eigenvalue weighted by Crippen LogP contribution is -2.23. The predicted octanol–water partition coefficient (Wildman–Crippen LogP) is 4.38. The highest BCUT2D eigenvalue weighted by Gasteiger charge is 2.26. The van der Waals surface area contributed by atoms with E-state index in [9.17, 15) is 14.7 Å². The molecule has 0 unspecified atom stereocenters. The Morgan fingerprint density at radius 1 is 1.29 bits per heavy atom. The molecule has 4 rings (SSSR count). The van der Waals surface area contributed by atoms with Crippen LogP contribution in [0.15, 0.2) is 35.4 Å². The molecule has 0 radical (unpaired) electrons. The third-order valence-electron chi connectivity index (χ3n) is 5.47. The second-order valence-electron chi connectivity index (χ2n) is 8.89. The van der Waals surface area contributed by atoms with E-state index in [4.69, 9.17) is 4.74 Å². The van der Waals surface area contributed by atoms with E-state index in [0.29, 0.717) is 45.2 Å². The van der Waals surface area contributed by atoms with Crippen molar-refractivity contribution in [3.05, 3.63) is 62.6 Å². The fraction of sp³-hybridized carbons (Fsp3) is 0.320. The molecule has 4 aromatic heterocycles. The van der Waals surface area contributed by atoms with E-state index in [0.717, 1.165) is 16.0 Å². The number of thiophene rings is 1. The van der Waals surface area contributed by atoms with Gasteiger partial charge in [0.2, 0.25) is 5.88 Å². The molecule has 4 heterocycles. The number of amides is 1. The van der Waals surface area contributed by atoms with Gasteiger partial charge in [-0.15, -0.1) is 11.3 Å². The molecule has 0 aliphatic carbocycles. The molecule has 3 N–H and O–H groups in total. The average Bonchev–Trinajstić information content (AvgIpc) is 3.38. The van der Waals surface area contributed by atoms with Crippen LogP contribution in [0.25, 0.3) is 21.3 Å². The average molecular weight is 481 g/mol. The molecule has 1 amide bonds. The zero-order valence-electron chi connectivity index (χ0n) is 20.1. The number of aromatic amines is 1. The van der Waals surface area contributed by atoms with Crippen LogP contribution in [0.4, 0.5) is 0 Å². The van der Waals surface area contributed by atoms with E-state index < -0.39 is 5.60 Å². The summed E-state index contributed by atoms with van der Waals surface area (Å²) in [6, 6.07) is 5.47. The minimum atomic E-state index is -1.10. The Morgan fingerprint density at radius 2 is 2.03 bits per heavy atom. The second-order valence-corrected chi connectivity index (χ2v) is 9.94. The van der Waals surface area contributed by atoms with Gasteiger partial charge in [0.05, 0.1) is 10.5 Å². The van der Waals surface area contributed by atoms with Gasteiger partial charge in [-0.1, -0.05) is 0 Å². The Bertz CT molecular complexity index is 1460. The summed E-state index contributed by atoms with van der Waals surface area (Å²) in [5.74, 6) is 0.693. The van der Waals surface area contributed by atoms with Gasteiger partial charge in [-0.25, -0.2) is 4.98 Å². The Balaban J connectivity index is 1.95. The first kappa shape index (κ1) is 23.7. The number of hydrogen-bond acceptors (Lipinski definition) is 6. The third kappa shape index (κ3) is 4.36. The lowest BCUT2D eigenvalue weighted by atomic mass is 10.1. The van der Waals surface area contributed by atoms with Crippen molar-refractivity contribution < 1.29 is 14.6 Å². The number of pyridine rings is 2. The normalized spacial score (nSPS) is 11.7. The molecule has 34 heavy (non-hydrogen) atoms. The van der Waals surface area contributed by atoms with Crippen molar-refractivity contribution in [3.63, 3.8) is 0 Å². The molecular formula is C25H28N4O4S. The van der Waals surface area contributed by atoms with Crippen molar-refractivity contribution in [2.24, 2.45) is 7.05 Å². The summed E-state index contributed by atoms with van der Waals surface area (Å²) in [6.07, 6.45) is 3.46. The van der Waals surface area contributed by atoms with Gasteiger partial charge in [0.15, 0.2) is 0 Å². The summed E-state index contributed by atoms with van der Waals surface area (Å²) in [5, 5.41) is 14.1. The Labute approximate surface area is 201 Å². The molecule has 0 aliphatic rings. The Morgan fingerprint density at radius 3 is 2.68 bits per heavy atom. The first-order chi connectivity index (χ1) is 16.0. The largest absolute Gasteiger partial charge is 0.437 e. The molecule has 0 saturated carbocycles. The number of fused-ring (bicyclic) bond motifs is 1. The maximum Gasteiger partial charge on any atom is 0.274 e. The fourth-order valence-electron chi connectivity index (χ4n) is 3.75. The van der Waals surface area contributed by atoms with Crippen LogP contribution in [0.5, 0.6) is 11.6 Å². The highest BCUT2D eigenvalue weighted by atomic mass is 32.1. The van der Waals surface area contributed by atoms with Crippen LogP contribution in [0, 0.1) is 13.8 Å². The summed E-state index contributed by atoms with van der Waals surface area (Å²) in [7, 11) is 1.66. The lowest BCUT2D eigenvalue weighted by molar-refractivity contribution is 0.0824. The zero-order valence-corrected chi connectivity index (χ0v) is 20.9. The number of carbonyl (C=O) groups excluding carboxylic acids is 1. The van der Waals surface area contributed by atoms with Crippen LogP contribution in [0.1, 0.15) is 47.3 Å². The van der Waals surface area contributed by atoms with Gasteiger partial charge >= 0.3 is 0 Å². The van der Waals surface area contributed by atoms with Crippen molar-refractivity contribution in [2.75, 3.05) is 6.54 Å². The first-order valence-electron chi connectivity index (χ1n) is 11.0. The van der Waals surface area contributed by atoms with Gasteiger partial charge in [-0.2, -0.15) is 0 Å². The molecule has 0 aliphatic heterocycles. The smallest absolute Gasteiger partial charge is 0.274 e. The summed E-state index contributed by atoms with van der Waals surface area (Å²) < 4.78 is 7.72. The number of aromatic nitrogens is 3. The standard InChI is InChI=1S/C25H28N4O4S/c1-7-26-22(30)17-9-15-16(12-29(6)24(31)20(15)28-17)21-18(10-19(34-21)25(4,5)32)33-23-14(3)8-13(2)11-27-23/h8-12,28,32H,7H2,1-6H3,(H,26,30). The maximum atomic E-state index is 12.8. The van der Waals surface area contributed by atoms with Gasteiger partial charge in [-0.05, 0) is 58.4 Å². The van der Waals surface area contributed by atoms with Crippen molar-refractivity contribution >= 4 is 28.1 Å². The highest BCUT2D eigenvalue weighted by molar-refractivity contribution is 7.16. The van der Waals surface area contributed by atoms with E-state index in [1.54, 1.807) is 45.4 Å². The van der Waals surface area contributed by atoms with Crippen LogP contribution < -0.4 is 15.6 Å². The van der Waals surface area contributed by atoms with Crippen LogP contribution in [0.2, 0.25) is 0 Å². The van der Waals surface area contributed by atoms with Crippen LogP contribution in [-0.4, -0.2) is 32.1 Å². The van der Waals surface area contributed by atoms with Gasteiger partial charge in [0, 0.05) is 47.4 Å². The fourth-order valence-corrected chi connectivity index (χ4v) is 4.86. The summed E-state index contributed by atoms with van der Waals surface area (Å²) in [6.45, 7) is 9.61. The number of aliphatic hydroxyl groups is 1. The second kappa shape index (κ2) is 8.73. The van der Waals surface area contributed by atoms with Crippen molar-refractivity contribution in [1.82, 2.24) is 19.9 Å². The number of nitrogens with one attached hydrogen (secondary N) is 2. The monoisotopic (exact) mass is 480 g/mol. The minimum absolute atomic E-state index is 0.243. The molecule has 0 atom stereocenters. The number of ether oxygens (including phenoxy) is 1. The third-order valence-corrected chi connectivity index (χ3v) is 6.93. The van der Waals surface area contributed by atoms with Crippen LogP contribution in [-0.2, 0) is 12.6 Å². The topological polar surface area (TPSA) is 109 Å². The first-order valence-corrected chi connectivity index (χ1v) is 11.8. The minimum Gasteiger partial charge on any atom is -0.437 e. The lowest BCUT2D eigenvalue weighted by Gasteiger charge is -2.13. The van der Waals surface area contributed by atoms with Crippen molar-refractivity contribution in [2.45, 2.75) is 40.2 Å². The molecule has 0 aromatic carbocycles. The number of nitrogens with zero attached hydrogens (tertiary/aromatic N) is 2. The van der Waals surface area contributed by atoms with E-state index in [1.807, 2.05) is 26.8 Å². The van der Waals surface area contributed by atoms with Crippen molar-refractivity contribution in [3.8, 4) is 22.1 Å². The van der Waals surface area contributed by atoms with E-state index >= 15 is 0 Å².